The molecule has 0 N–H and O–H groups in total. The van der Waals surface area contributed by atoms with Crippen LogP contribution >= 0.6 is 11.6 Å². The van der Waals surface area contributed by atoms with Crippen molar-refractivity contribution in [1.29, 1.82) is 0 Å². The number of halogens is 1. The number of carbonyl (C=O) groups is 2. The van der Waals surface area contributed by atoms with Gasteiger partial charge in [-0.3, -0.25) is 9.59 Å². The van der Waals surface area contributed by atoms with Crippen LogP contribution in [-0.4, -0.2) is 25.9 Å². The molecule has 3 aromatic rings. The molecule has 5 nitrogen and oxygen atoms in total. The normalized spacial score (nSPS) is 12.2. The number of ketones is 1. The van der Waals surface area contributed by atoms with Crippen LogP contribution < -0.4 is 0 Å². The molecule has 0 bridgehead atoms. The Balaban J connectivity index is 1.76. The molecular formula is C24H21ClO5S. The maximum absolute atomic E-state index is 13.0. The van der Waals surface area contributed by atoms with Crippen molar-refractivity contribution in [2.24, 2.45) is 0 Å². The molecule has 0 heterocycles. The third-order valence-corrected chi connectivity index (χ3v) is 6.66. The van der Waals surface area contributed by atoms with E-state index in [4.69, 9.17) is 16.3 Å². The van der Waals surface area contributed by atoms with Crippen molar-refractivity contribution in [3.05, 3.63) is 101 Å². The van der Waals surface area contributed by atoms with Gasteiger partial charge in [0.2, 0.25) is 5.78 Å². The zero-order valence-electron chi connectivity index (χ0n) is 16.8. The molecule has 0 aliphatic carbocycles. The minimum absolute atomic E-state index is 0.139. The number of rotatable bonds is 8. The number of esters is 1. The molecule has 0 fully saturated rings. The van der Waals surface area contributed by atoms with Gasteiger partial charge >= 0.3 is 5.97 Å². The van der Waals surface area contributed by atoms with E-state index in [1.54, 1.807) is 66.7 Å². The second kappa shape index (κ2) is 9.90. The Hall–Kier alpha value is -2.96. The molecule has 0 unspecified atom stereocenters. The molecule has 1 atom stereocenters. The minimum Gasteiger partial charge on any atom is -0.449 e. The molecule has 160 valence electrons. The number of aryl methyl sites for hydroxylation is 1. The average Bonchev–Trinajstić information content (AvgIpc) is 2.77. The van der Waals surface area contributed by atoms with Gasteiger partial charge in [0, 0.05) is 16.1 Å². The number of ether oxygens (including phenoxy) is 1. The fourth-order valence-electron chi connectivity index (χ4n) is 2.94. The van der Waals surface area contributed by atoms with E-state index in [0.29, 0.717) is 16.1 Å². The van der Waals surface area contributed by atoms with E-state index in [9.17, 15) is 18.0 Å². The molecule has 0 saturated carbocycles. The molecule has 0 aliphatic heterocycles. The number of Topliss-reactive ketones (excluding diaryl/α,β-unsaturated/α-hetero) is 1. The largest absolute Gasteiger partial charge is 0.449 e. The first kappa shape index (κ1) is 22.7. The lowest BCUT2D eigenvalue weighted by atomic mass is 10.00. The highest BCUT2D eigenvalue weighted by Gasteiger charge is 2.27. The number of benzene rings is 3. The van der Waals surface area contributed by atoms with Crippen molar-refractivity contribution in [1.82, 2.24) is 0 Å². The van der Waals surface area contributed by atoms with E-state index in [-0.39, 0.29) is 11.3 Å². The van der Waals surface area contributed by atoms with Gasteiger partial charge in [0.05, 0.1) is 17.1 Å². The fraction of sp³-hybridized carbons (Fsp3) is 0.167. The zero-order chi connectivity index (χ0) is 22.4. The first-order chi connectivity index (χ1) is 14.8. The summed E-state index contributed by atoms with van der Waals surface area (Å²) in [5.41, 5.74) is 1.76. The lowest BCUT2D eigenvalue weighted by Crippen LogP contribution is -2.22. The zero-order valence-corrected chi connectivity index (χ0v) is 18.4. The fourth-order valence-corrected chi connectivity index (χ4v) is 4.28. The Bertz CT molecular complexity index is 1150. The molecule has 0 aliphatic rings. The SMILES string of the molecule is Cc1ccc(S(=O)(=O)CCC(=O)O[C@H](C(=O)c2ccccc2)c2ccc(Cl)cc2)cc1. The Labute approximate surface area is 186 Å². The molecule has 0 saturated heterocycles. The van der Waals surface area contributed by atoms with E-state index in [2.05, 4.69) is 0 Å². The van der Waals surface area contributed by atoms with E-state index in [1.165, 1.54) is 12.1 Å². The summed E-state index contributed by atoms with van der Waals surface area (Å²) in [4.78, 5) is 25.6. The van der Waals surface area contributed by atoms with Gasteiger partial charge in [-0.1, -0.05) is 71.8 Å². The van der Waals surface area contributed by atoms with Crippen molar-refractivity contribution in [2.45, 2.75) is 24.3 Å². The number of sulfone groups is 1. The van der Waals surface area contributed by atoms with Crippen LogP contribution in [0.2, 0.25) is 5.02 Å². The van der Waals surface area contributed by atoms with Crippen molar-refractivity contribution < 1.29 is 22.7 Å². The van der Waals surface area contributed by atoms with Crippen LogP contribution in [0.3, 0.4) is 0 Å². The lowest BCUT2D eigenvalue weighted by molar-refractivity contribution is -0.146. The standard InChI is InChI=1S/C24H21ClO5S/c1-17-7-13-21(14-8-17)31(28,29)16-15-22(26)30-24(19-9-11-20(25)12-10-19)23(27)18-5-3-2-4-6-18/h2-14,24H,15-16H2,1H3/t24-/m0/s1. The van der Waals surface area contributed by atoms with E-state index in [0.717, 1.165) is 5.56 Å². The summed E-state index contributed by atoms with van der Waals surface area (Å²) in [6.07, 6.45) is -1.57. The topological polar surface area (TPSA) is 77.5 Å². The summed E-state index contributed by atoms with van der Waals surface area (Å²) in [6.45, 7) is 1.86. The summed E-state index contributed by atoms with van der Waals surface area (Å²) in [6, 6.07) is 21.2. The number of hydrogen-bond acceptors (Lipinski definition) is 5. The highest BCUT2D eigenvalue weighted by molar-refractivity contribution is 7.91. The third kappa shape index (κ3) is 6.03. The molecule has 0 radical (unpaired) electrons. The minimum atomic E-state index is -3.65. The summed E-state index contributed by atoms with van der Waals surface area (Å²) < 4.78 is 30.5. The van der Waals surface area contributed by atoms with E-state index < -0.39 is 33.4 Å². The van der Waals surface area contributed by atoms with Crippen LogP contribution in [0, 0.1) is 6.92 Å². The molecule has 3 aromatic carbocycles. The lowest BCUT2D eigenvalue weighted by Gasteiger charge is -2.18. The molecular weight excluding hydrogens is 436 g/mol. The maximum atomic E-state index is 13.0. The Morgan fingerprint density at radius 1 is 0.903 bits per heavy atom. The predicted octanol–water partition coefficient (Wildman–Crippen LogP) is 4.98. The van der Waals surface area contributed by atoms with Gasteiger partial charge < -0.3 is 4.74 Å². The molecule has 0 amide bonds. The van der Waals surface area contributed by atoms with Crippen molar-refractivity contribution in [2.75, 3.05) is 5.75 Å². The first-order valence-corrected chi connectivity index (χ1v) is 11.6. The second-order valence-electron chi connectivity index (χ2n) is 7.03. The van der Waals surface area contributed by atoms with Gasteiger partial charge in [0.25, 0.3) is 0 Å². The first-order valence-electron chi connectivity index (χ1n) is 9.60. The Morgan fingerprint density at radius 3 is 2.13 bits per heavy atom. The van der Waals surface area contributed by atoms with Gasteiger partial charge in [0.15, 0.2) is 15.9 Å². The molecule has 0 aromatic heterocycles. The van der Waals surface area contributed by atoms with Gasteiger partial charge in [-0.05, 0) is 31.2 Å². The Morgan fingerprint density at radius 2 is 1.52 bits per heavy atom. The van der Waals surface area contributed by atoms with Gasteiger partial charge in [-0.2, -0.15) is 0 Å². The van der Waals surface area contributed by atoms with Crippen LogP contribution in [0.1, 0.15) is 34.0 Å². The summed E-state index contributed by atoms with van der Waals surface area (Å²) in [5, 5.41) is 0.477. The molecule has 31 heavy (non-hydrogen) atoms. The third-order valence-electron chi connectivity index (χ3n) is 4.67. The molecule has 0 spiro atoms. The van der Waals surface area contributed by atoms with Crippen molar-refractivity contribution >= 4 is 33.2 Å². The van der Waals surface area contributed by atoms with Gasteiger partial charge in [0.1, 0.15) is 0 Å². The smallest absolute Gasteiger partial charge is 0.307 e. The summed E-state index contributed by atoms with van der Waals surface area (Å²) in [7, 11) is -3.65. The van der Waals surface area contributed by atoms with Crippen LogP contribution in [0.15, 0.2) is 83.8 Å². The number of hydrogen-bond donors (Lipinski definition) is 0. The van der Waals surface area contributed by atoms with Crippen LogP contribution in [-0.2, 0) is 19.4 Å². The van der Waals surface area contributed by atoms with E-state index in [1.807, 2.05) is 6.92 Å². The van der Waals surface area contributed by atoms with Crippen LogP contribution in [0.5, 0.6) is 0 Å². The van der Waals surface area contributed by atoms with Crippen molar-refractivity contribution in [3.63, 3.8) is 0 Å². The molecule has 7 heteroatoms. The van der Waals surface area contributed by atoms with Crippen molar-refractivity contribution in [3.8, 4) is 0 Å². The van der Waals surface area contributed by atoms with Crippen LogP contribution in [0.4, 0.5) is 0 Å². The summed E-state index contributed by atoms with van der Waals surface area (Å²) in [5.74, 6) is -1.60. The molecule has 3 rings (SSSR count). The highest BCUT2D eigenvalue weighted by atomic mass is 35.5. The van der Waals surface area contributed by atoms with Crippen LogP contribution in [0.25, 0.3) is 0 Å². The highest BCUT2D eigenvalue weighted by Crippen LogP contribution is 2.25. The monoisotopic (exact) mass is 456 g/mol. The van der Waals surface area contributed by atoms with Gasteiger partial charge in [-0.15, -0.1) is 0 Å². The average molecular weight is 457 g/mol. The second-order valence-corrected chi connectivity index (χ2v) is 9.58. The Kier molecular flexibility index (Phi) is 7.25. The van der Waals surface area contributed by atoms with Gasteiger partial charge in [-0.25, -0.2) is 8.42 Å². The van der Waals surface area contributed by atoms with E-state index >= 15 is 0 Å². The quantitative estimate of drug-likeness (QED) is 0.353. The maximum Gasteiger partial charge on any atom is 0.307 e. The number of carbonyl (C=O) groups excluding carboxylic acids is 2. The predicted molar refractivity (Wildman–Crippen MR) is 119 cm³/mol. The summed E-state index contributed by atoms with van der Waals surface area (Å²) >= 11 is 5.93.